The van der Waals surface area contributed by atoms with Crippen LogP contribution in [0, 0.1) is 0 Å². The van der Waals surface area contributed by atoms with Gasteiger partial charge in [0, 0.05) is 12.1 Å². The Labute approximate surface area is 105 Å². The molecule has 0 aromatic heterocycles. The fourth-order valence-electron chi connectivity index (χ4n) is 2.47. The van der Waals surface area contributed by atoms with Gasteiger partial charge in [-0.3, -0.25) is 4.90 Å². The number of methoxy groups -OCH3 is 1. The molecule has 3 rings (SSSR count). The highest BCUT2D eigenvalue weighted by Crippen LogP contribution is 2.32. The van der Waals surface area contributed by atoms with Crippen LogP contribution in [0.1, 0.15) is 11.1 Å². The fourth-order valence-corrected chi connectivity index (χ4v) is 2.47. The van der Waals surface area contributed by atoms with E-state index in [4.69, 9.17) is 10.5 Å². The maximum absolute atomic E-state index is 11.8. The van der Waals surface area contributed by atoms with Gasteiger partial charge in [0.15, 0.2) is 0 Å². The molecule has 1 aromatic carbocycles. The number of nitrogens with one attached hydrogen (secondary N) is 1. The standard InChI is InChI=1S/C13H15N3O2/c1-18-9-2-3-10-8(6-9)4-5-16-11(10)7-12(14)15-13(16)17/h2-3,6-7,12H,4-5,14H2,1H3,(H,15,17). The molecule has 18 heavy (non-hydrogen) atoms. The third-order valence-electron chi connectivity index (χ3n) is 3.36. The first kappa shape index (κ1) is 11.1. The van der Waals surface area contributed by atoms with E-state index in [1.54, 1.807) is 12.0 Å². The van der Waals surface area contributed by atoms with Crippen molar-refractivity contribution in [2.45, 2.75) is 12.6 Å². The number of fused-ring (bicyclic) bond motifs is 3. The van der Waals surface area contributed by atoms with Crippen LogP contribution in [0.4, 0.5) is 4.79 Å². The highest BCUT2D eigenvalue weighted by Gasteiger charge is 2.30. The van der Waals surface area contributed by atoms with Crippen LogP contribution in [0.5, 0.6) is 5.75 Å². The minimum Gasteiger partial charge on any atom is -0.497 e. The van der Waals surface area contributed by atoms with Crippen molar-refractivity contribution in [3.63, 3.8) is 0 Å². The van der Waals surface area contributed by atoms with Crippen LogP contribution in [-0.2, 0) is 6.42 Å². The number of carbonyl (C=O) groups is 1. The Hall–Kier alpha value is -2.01. The van der Waals surface area contributed by atoms with E-state index in [1.807, 2.05) is 24.3 Å². The second-order valence-corrected chi connectivity index (χ2v) is 4.45. The lowest BCUT2D eigenvalue weighted by Gasteiger charge is -2.36. The zero-order valence-corrected chi connectivity index (χ0v) is 10.1. The Morgan fingerprint density at radius 1 is 1.50 bits per heavy atom. The van der Waals surface area contributed by atoms with Crippen molar-refractivity contribution in [1.82, 2.24) is 10.2 Å². The van der Waals surface area contributed by atoms with Gasteiger partial charge in [0.25, 0.3) is 0 Å². The molecule has 5 heteroatoms. The predicted octanol–water partition coefficient (Wildman–Crippen LogP) is 0.902. The first-order valence-corrected chi connectivity index (χ1v) is 5.92. The topological polar surface area (TPSA) is 67.6 Å². The summed E-state index contributed by atoms with van der Waals surface area (Å²) in [5.74, 6) is 0.840. The average molecular weight is 245 g/mol. The lowest BCUT2D eigenvalue weighted by Crippen LogP contribution is -2.52. The second kappa shape index (κ2) is 4.03. The average Bonchev–Trinajstić information content (AvgIpc) is 2.37. The summed E-state index contributed by atoms with van der Waals surface area (Å²) in [4.78, 5) is 13.6. The summed E-state index contributed by atoms with van der Waals surface area (Å²) in [5, 5.41) is 2.70. The van der Waals surface area contributed by atoms with Gasteiger partial charge in [-0.05, 0) is 36.3 Å². The SMILES string of the molecule is COc1ccc2c(c1)CCN1C(=O)NC(N)C=C21. The van der Waals surface area contributed by atoms with E-state index >= 15 is 0 Å². The van der Waals surface area contributed by atoms with E-state index < -0.39 is 6.17 Å². The van der Waals surface area contributed by atoms with Gasteiger partial charge in [0.05, 0.1) is 19.0 Å². The van der Waals surface area contributed by atoms with E-state index in [0.717, 1.165) is 23.4 Å². The zero-order chi connectivity index (χ0) is 12.7. The summed E-state index contributed by atoms with van der Waals surface area (Å²) < 4.78 is 5.22. The monoisotopic (exact) mass is 245 g/mol. The van der Waals surface area contributed by atoms with E-state index in [-0.39, 0.29) is 6.03 Å². The Kier molecular flexibility index (Phi) is 2.48. The number of hydrogen-bond donors (Lipinski definition) is 2. The summed E-state index contributed by atoms with van der Waals surface area (Å²) in [5.41, 5.74) is 8.94. The summed E-state index contributed by atoms with van der Waals surface area (Å²) in [6, 6.07) is 5.78. The number of ether oxygens (including phenoxy) is 1. The minimum atomic E-state index is -0.420. The van der Waals surface area contributed by atoms with Crippen LogP contribution < -0.4 is 15.8 Å². The number of nitrogens with two attached hydrogens (primary N) is 1. The van der Waals surface area contributed by atoms with Crippen LogP contribution in [0.3, 0.4) is 0 Å². The molecular formula is C13H15N3O2. The van der Waals surface area contributed by atoms with Crippen LogP contribution in [0.15, 0.2) is 24.3 Å². The molecule has 2 aliphatic heterocycles. The van der Waals surface area contributed by atoms with Gasteiger partial charge in [0.1, 0.15) is 5.75 Å². The summed E-state index contributed by atoms with van der Waals surface area (Å²) in [7, 11) is 1.65. The molecule has 1 atom stereocenters. The number of benzene rings is 1. The number of rotatable bonds is 1. The van der Waals surface area contributed by atoms with Crippen LogP contribution in [0.2, 0.25) is 0 Å². The van der Waals surface area contributed by atoms with Crippen molar-refractivity contribution < 1.29 is 9.53 Å². The van der Waals surface area contributed by atoms with Gasteiger partial charge in [-0.1, -0.05) is 0 Å². The zero-order valence-electron chi connectivity index (χ0n) is 10.1. The first-order valence-electron chi connectivity index (χ1n) is 5.92. The number of urea groups is 1. The Balaban J connectivity index is 2.09. The number of hydrogen-bond acceptors (Lipinski definition) is 3. The molecule has 0 fully saturated rings. The Bertz CT molecular complexity index is 539. The number of nitrogens with zero attached hydrogens (tertiary/aromatic N) is 1. The van der Waals surface area contributed by atoms with Crippen molar-refractivity contribution in [2.24, 2.45) is 5.73 Å². The van der Waals surface area contributed by atoms with E-state index in [0.29, 0.717) is 6.54 Å². The van der Waals surface area contributed by atoms with Crippen molar-refractivity contribution in [3.05, 3.63) is 35.4 Å². The minimum absolute atomic E-state index is 0.124. The van der Waals surface area contributed by atoms with Crippen molar-refractivity contribution in [1.29, 1.82) is 0 Å². The van der Waals surface area contributed by atoms with Crippen molar-refractivity contribution >= 4 is 11.7 Å². The molecule has 1 unspecified atom stereocenters. The van der Waals surface area contributed by atoms with Crippen molar-refractivity contribution in [3.8, 4) is 5.75 Å². The molecule has 0 radical (unpaired) electrons. The lowest BCUT2D eigenvalue weighted by molar-refractivity contribution is 0.212. The molecule has 0 saturated heterocycles. The highest BCUT2D eigenvalue weighted by molar-refractivity contribution is 5.90. The third-order valence-corrected chi connectivity index (χ3v) is 3.36. The fraction of sp³-hybridized carbons (Fsp3) is 0.308. The second-order valence-electron chi connectivity index (χ2n) is 4.45. The molecule has 5 nitrogen and oxygen atoms in total. The molecule has 94 valence electrons. The smallest absolute Gasteiger partial charge is 0.323 e. The summed E-state index contributed by atoms with van der Waals surface area (Å²) in [6.07, 6.45) is 2.29. The van der Waals surface area contributed by atoms with E-state index in [1.165, 1.54) is 5.56 Å². The Morgan fingerprint density at radius 3 is 3.11 bits per heavy atom. The molecule has 0 bridgehead atoms. The number of amides is 2. The van der Waals surface area contributed by atoms with Gasteiger partial charge in [-0.2, -0.15) is 0 Å². The maximum Gasteiger partial charge on any atom is 0.323 e. The third kappa shape index (κ3) is 1.64. The molecular weight excluding hydrogens is 230 g/mol. The summed E-state index contributed by atoms with van der Waals surface area (Å²) in [6.45, 7) is 0.671. The molecule has 0 spiro atoms. The van der Waals surface area contributed by atoms with Crippen LogP contribution >= 0.6 is 0 Å². The van der Waals surface area contributed by atoms with Gasteiger partial charge in [-0.25, -0.2) is 4.79 Å². The molecule has 2 heterocycles. The van der Waals surface area contributed by atoms with E-state index in [2.05, 4.69) is 5.32 Å². The first-order chi connectivity index (χ1) is 8.69. The normalized spacial score (nSPS) is 21.7. The molecule has 1 aromatic rings. The van der Waals surface area contributed by atoms with Crippen LogP contribution in [-0.4, -0.2) is 30.8 Å². The maximum atomic E-state index is 11.8. The van der Waals surface area contributed by atoms with Crippen molar-refractivity contribution in [2.75, 3.05) is 13.7 Å². The lowest BCUT2D eigenvalue weighted by atomic mass is 9.95. The van der Waals surface area contributed by atoms with Gasteiger partial charge in [0.2, 0.25) is 0 Å². The molecule has 0 aliphatic carbocycles. The van der Waals surface area contributed by atoms with E-state index in [9.17, 15) is 4.79 Å². The molecule has 0 saturated carbocycles. The van der Waals surface area contributed by atoms with Gasteiger partial charge in [-0.15, -0.1) is 0 Å². The molecule has 3 N–H and O–H groups in total. The number of carbonyl (C=O) groups excluding carboxylic acids is 1. The Morgan fingerprint density at radius 2 is 2.33 bits per heavy atom. The van der Waals surface area contributed by atoms with Crippen LogP contribution in [0.25, 0.3) is 5.70 Å². The predicted molar refractivity (Wildman–Crippen MR) is 67.9 cm³/mol. The van der Waals surface area contributed by atoms with Gasteiger partial charge < -0.3 is 15.8 Å². The summed E-state index contributed by atoms with van der Waals surface area (Å²) >= 11 is 0. The largest absolute Gasteiger partial charge is 0.497 e. The van der Waals surface area contributed by atoms with Gasteiger partial charge >= 0.3 is 6.03 Å². The highest BCUT2D eigenvalue weighted by atomic mass is 16.5. The molecule has 2 aliphatic rings. The quantitative estimate of drug-likeness (QED) is 0.772. The molecule has 2 amide bonds.